The van der Waals surface area contributed by atoms with Crippen molar-refractivity contribution in [2.24, 2.45) is 0 Å². The van der Waals surface area contributed by atoms with E-state index in [1.165, 1.54) is 24.3 Å². The number of amides is 1. The van der Waals surface area contributed by atoms with Crippen LogP contribution in [0.5, 0.6) is 0 Å². The van der Waals surface area contributed by atoms with Crippen LogP contribution < -0.4 is 5.32 Å². The van der Waals surface area contributed by atoms with Crippen LogP contribution in [0.1, 0.15) is 12.0 Å². The molecule has 1 heterocycles. The number of sulfonamides is 1. The number of morpholine rings is 1. The van der Waals surface area contributed by atoms with E-state index in [9.17, 15) is 13.2 Å². The Bertz CT molecular complexity index is 1050. The van der Waals surface area contributed by atoms with E-state index in [4.69, 9.17) is 39.5 Å². The highest BCUT2D eigenvalue weighted by molar-refractivity contribution is 7.89. The molecule has 1 amide bonds. The van der Waals surface area contributed by atoms with E-state index in [1.54, 1.807) is 18.2 Å². The van der Waals surface area contributed by atoms with E-state index in [0.717, 1.165) is 43.6 Å². The fourth-order valence-corrected chi connectivity index (χ4v) is 5.23. The van der Waals surface area contributed by atoms with Gasteiger partial charge < -0.3 is 10.1 Å². The van der Waals surface area contributed by atoms with Gasteiger partial charge in [-0.3, -0.25) is 9.69 Å². The molecule has 2 aromatic carbocycles. The van der Waals surface area contributed by atoms with Crippen molar-refractivity contribution in [2.75, 3.05) is 45.9 Å². The highest BCUT2D eigenvalue weighted by Crippen LogP contribution is 2.25. The summed E-state index contributed by atoms with van der Waals surface area (Å²) in [5.41, 5.74) is 0.613. The summed E-state index contributed by atoms with van der Waals surface area (Å²) >= 11 is 18.0. The molecular formula is C22H26Cl3N3O4S. The lowest BCUT2D eigenvalue weighted by Crippen LogP contribution is -2.41. The molecule has 1 N–H and O–H groups in total. The van der Waals surface area contributed by atoms with Crippen molar-refractivity contribution in [3.63, 3.8) is 0 Å². The maximum atomic E-state index is 13.3. The van der Waals surface area contributed by atoms with E-state index in [1.807, 2.05) is 0 Å². The Hall–Kier alpha value is -1.39. The second kappa shape index (κ2) is 12.4. The third-order valence-electron chi connectivity index (χ3n) is 5.19. The molecule has 2 aromatic rings. The van der Waals surface area contributed by atoms with Gasteiger partial charge in [-0.15, -0.1) is 0 Å². The number of nitrogens with zero attached hydrogens (tertiary/aromatic N) is 2. The van der Waals surface area contributed by atoms with Crippen molar-refractivity contribution >= 4 is 50.7 Å². The first-order valence-corrected chi connectivity index (χ1v) is 13.1. The summed E-state index contributed by atoms with van der Waals surface area (Å²) in [6.07, 6.45) is 0.766. The molecule has 1 saturated heterocycles. The summed E-state index contributed by atoms with van der Waals surface area (Å²) in [7, 11) is -3.97. The average Bonchev–Trinajstić information content (AvgIpc) is 2.80. The molecule has 0 spiro atoms. The zero-order chi connectivity index (χ0) is 23.8. The normalized spacial score (nSPS) is 15.0. The fraction of sp³-hybridized carbons (Fsp3) is 0.409. The molecule has 0 unspecified atom stereocenters. The number of nitrogens with one attached hydrogen (secondary N) is 1. The third-order valence-corrected chi connectivity index (χ3v) is 7.99. The highest BCUT2D eigenvalue weighted by Gasteiger charge is 2.27. The summed E-state index contributed by atoms with van der Waals surface area (Å²) in [5, 5.41) is 3.92. The predicted molar refractivity (Wildman–Crippen MR) is 130 cm³/mol. The highest BCUT2D eigenvalue weighted by atomic mass is 35.5. The Balaban J connectivity index is 1.67. The standard InChI is InChI=1S/C22H26Cl3N3O4S/c23-18-3-5-19(6-4-18)33(30,31)28(15-17-2-7-20(24)21(25)14-17)16-22(29)26-8-1-9-27-10-12-32-13-11-27/h2-7,14H,1,8-13,15-16H2,(H,26,29). The van der Waals surface area contributed by atoms with E-state index < -0.39 is 10.0 Å². The van der Waals surface area contributed by atoms with Gasteiger partial charge in [-0.1, -0.05) is 40.9 Å². The molecule has 7 nitrogen and oxygen atoms in total. The monoisotopic (exact) mass is 533 g/mol. The Morgan fingerprint density at radius 3 is 2.39 bits per heavy atom. The first kappa shape index (κ1) is 26.2. The summed E-state index contributed by atoms with van der Waals surface area (Å²) in [5.74, 6) is -0.380. The second-order valence-corrected chi connectivity index (χ2v) is 10.8. The van der Waals surface area contributed by atoms with Gasteiger partial charge in [-0.05, 0) is 54.9 Å². The largest absolute Gasteiger partial charge is 0.379 e. The number of benzene rings is 2. The summed E-state index contributed by atoms with van der Waals surface area (Å²) in [6, 6.07) is 10.7. The van der Waals surface area contributed by atoms with Gasteiger partial charge in [0.05, 0.1) is 34.7 Å². The predicted octanol–water partition coefficient (Wildman–Crippen LogP) is 3.68. The number of carbonyl (C=O) groups excluding carboxylic acids is 1. The van der Waals surface area contributed by atoms with Crippen LogP contribution in [0.3, 0.4) is 0 Å². The van der Waals surface area contributed by atoms with E-state index in [2.05, 4.69) is 10.2 Å². The molecule has 0 atom stereocenters. The molecule has 180 valence electrons. The van der Waals surface area contributed by atoms with Crippen LogP contribution in [0.2, 0.25) is 15.1 Å². The maximum Gasteiger partial charge on any atom is 0.243 e. The smallest absolute Gasteiger partial charge is 0.243 e. The molecule has 0 radical (unpaired) electrons. The molecule has 3 rings (SSSR count). The van der Waals surface area contributed by atoms with Crippen LogP contribution in [-0.2, 0) is 26.1 Å². The molecule has 1 aliphatic rings. The molecule has 33 heavy (non-hydrogen) atoms. The Labute approximate surface area is 209 Å². The van der Waals surface area contributed by atoms with Crippen molar-refractivity contribution in [3.8, 4) is 0 Å². The molecule has 1 fully saturated rings. The van der Waals surface area contributed by atoms with Gasteiger partial charge in [-0.2, -0.15) is 4.31 Å². The zero-order valence-corrected chi connectivity index (χ0v) is 21.1. The van der Waals surface area contributed by atoms with Crippen molar-refractivity contribution in [1.82, 2.24) is 14.5 Å². The maximum absolute atomic E-state index is 13.3. The molecule has 0 bridgehead atoms. The lowest BCUT2D eigenvalue weighted by molar-refractivity contribution is -0.121. The Morgan fingerprint density at radius 2 is 1.73 bits per heavy atom. The first-order valence-electron chi connectivity index (χ1n) is 10.5. The van der Waals surface area contributed by atoms with E-state index >= 15 is 0 Å². The number of carbonyl (C=O) groups is 1. The van der Waals surface area contributed by atoms with Crippen LogP contribution in [-0.4, -0.2) is 69.5 Å². The topological polar surface area (TPSA) is 79.0 Å². The molecule has 1 aliphatic heterocycles. The van der Waals surface area contributed by atoms with Crippen molar-refractivity contribution < 1.29 is 17.9 Å². The van der Waals surface area contributed by atoms with Crippen LogP contribution in [0.15, 0.2) is 47.4 Å². The lowest BCUT2D eigenvalue weighted by Gasteiger charge is -2.26. The molecule has 0 saturated carbocycles. The molecule has 0 aliphatic carbocycles. The van der Waals surface area contributed by atoms with E-state index in [-0.39, 0.29) is 23.9 Å². The van der Waals surface area contributed by atoms with Crippen LogP contribution in [0.4, 0.5) is 0 Å². The minimum atomic E-state index is -3.97. The summed E-state index contributed by atoms with van der Waals surface area (Å²) in [6.45, 7) is 4.13. The fourth-order valence-electron chi connectivity index (χ4n) is 3.39. The number of hydrogen-bond donors (Lipinski definition) is 1. The average molecular weight is 535 g/mol. The van der Waals surface area contributed by atoms with Crippen LogP contribution in [0.25, 0.3) is 0 Å². The third kappa shape index (κ3) is 7.82. The first-order chi connectivity index (χ1) is 15.8. The quantitative estimate of drug-likeness (QED) is 0.471. The van der Waals surface area contributed by atoms with Gasteiger partial charge in [0, 0.05) is 31.2 Å². The number of hydrogen-bond acceptors (Lipinski definition) is 5. The van der Waals surface area contributed by atoms with Crippen LogP contribution >= 0.6 is 34.8 Å². The summed E-state index contributed by atoms with van der Waals surface area (Å²) < 4.78 is 33.0. The summed E-state index contributed by atoms with van der Waals surface area (Å²) in [4.78, 5) is 15.0. The molecular weight excluding hydrogens is 509 g/mol. The number of halogens is 3. The zero-order valence-electron chi connectivity index (χ0n) is 18.0. The van der Waals surface area contributed by atoms with Crippen molar-refractivity contribution in [1.29, 1.82) is 0 Å². The van der Waals surface area contributed by atoms with Gasteiger partial charge in [0.1, 0.15) is 0 Å². The minimum absolute atomic E-state index is 0.0386. The van der Waals surface area contributed by atoms with Crippen LogP contribution in [0, 0.1) is 0 Å². The Morgan fingerprint density at radius 1 is 1.03 bits per heavy atom. The van der Waals surface area contributed by atoms with Gasteiger partial charge >= 0.3 is 0 Å². The molecule has 0 aromatic heterocycles. The van der Waals surface area contributed by atoms with Gasteiger partial charge in [0.25, 0.3) is 0 Å². The van der Waals surface area contributed by atoms with E-state index in [0.29, 0.717) is 27.2 Å². The Kier molecular flexibility index (Phi) is 9.81. The van der Waals surface area contributed by atoms with Gasteiger partial charge in [0.15, 0.2) is 0 Å². The second-order valence-electron chi connectivity index (χ2n) is 7.63. The SMILES string of the molecule is O=C(CN(Cc1ccc(Cl)c(Cl)c1)S(=O)(=O)c1ccc(Cl)cc1)NCCCN1CCOCC1. The lowest BCUT2D eigenvalue weighted by atomic mass is 10.2. The van der Waals surface area contributed by atoms with Gasteiger partial charge in [-0.25, -0.2) is 8.42 Å². The van der Waals surface area contributed by atoms with Crippen molar-refractivity contribution in [2.45, 2.75) is 17.9 Å². The molecule has 11 heteroatoms. The minimum Gasteiger partial charge on any atom is -0.379 e. The number of rotatable bonds is 10. The number of ether oxygens (including phenoxy) is 1. The van der Waals surface area contributed by atoms with Gasteiger partial charge in [0.2, 0.25) is 15.9 Å². The van der Waals surface area contributed by atoms with Crippen molar-refractivity contribution in [3.05, 3.63) is 63.1 Å².